The van der Waals surface area contributed by atoms with Gasteiger partial charge in [0.1, 0.15) is 12.4 Å². The van der Waals surface area contributed by atoms with E-state index in [4.69, 9.17) is 4.74 Å². The lowest BCUT2D eigenvalue weighted by atomic mass is 9.85. The van der Waals surface area contributed by atoms with E-state index in [1.807, 2.05) is 54.6 Å². The molecule has 3 heteroatoms. The number of hydrogen-bond donors (Lipinski definition) is 0. The molecule has 2 heterocycles. The summed E-state index contributed by atoms with van der Waals surface area (Å²) in [7, 11) is 2.21. The molecular weight excluding hydrogens is 310 g/mol. The van der Waals surface area contributed by atoms with Crippen LogP contribution >= 0.6 is 0 Å². The summed E-state index contributed by atoms with van der Waals surface area (Å²) in [6, 6.07) is 19.0. The summed E-state index contributed by atoms with van der Waals surface area (Å²) in [5.41, 5.74) is 1.92. The molecule has 2 saturated heterocycles. The quantitative estimate of drug-likeness (QED) is 0.762. The Morgan fingerprint density at radius 1 is 1.04 bits per heavy atom. The molecule has 0 radical (unpaired) electrons. The van der Waals surface area contributed by atoms with Crippen LogP contribution in [0.2, 0.25) is 0 Å². The van der Waals surface area contributed by atoms with Gasteiger partial charge in [-0.25, -0.2) is 0 Å². The lowest BCUT2D eigenvalue weighted by molar-refractivity contribution is 0.0766. The third-order valence-electron chi connectivity index (χ3n) is 5.84. The van der Waals surface area contributed by atoms with E-state index in [0.29, 0.717) is 18.7 Å². The average Bonchev–Trinajstić information content (AvgIpc) is 2.87. The van der Waals surface area contributed by atoms with Crippen LogP contribution in [-0.2, 0) is 6.61 Å². The van der Waals surface area contributed by atoms with Gasteiger partial charge in [0.15, 0.2) is 5.78 Å². The molecule has 2 bridgehead atoms. The van der Waals surface area contributed by atoms with Crippen LogP contribution in [-0.4, -0.2) is 29.8 Å². The molecule has 0 aromatic heterocycles. The Kier molecular flexibility index (Phi) is 4.58. The van der Waals surface area contributed by atoms with Gasteiger partial charge in [0.2, 0.25) is 0 Å². The Balaban J connectivity index is 1.43. The Morgan fingerprint density at radius 2 is 1.76 bits per heavy atom. The van der Waals surface area contributed by atoms with E-state index in [2.05, 4.69) is 11.9 Å². The fourth-order valence-corrected chi connectivity index (χ4v) is 4.34. The molecule has 0 N–H and O–H groups in total. The molecular formula is C22H25NO2. The number of nitrogens with zero attached hydrogens (tertiary/aromatic N) is 1. The van der Waals surface area contributed by atoms with Crippen LogP contribution in [0.1, 0.15) is 41.6 Å². The van der Waals surface area contributed by atoms with Crippen molar-refractivity contribution in [1.82, 2.24) is 4.90 Å². The Hall–Kier alpha value is -2.13. The van der Waals surface area contributed by atoms with Crippen LogP contribution in [0.15, 0.2) is 54.6 Å². The number of benzene rings is 2. The van der Waals surface area contributed by atoms with Crippen molar-refractivity contribution in [3.05, 3.63) is 65.7 Å². The molecule has 2 atom stereocenters. The lowest BCUT2D eigenvalue weighted by Gasteiger charge is -2.35. The number of ether oxygens (including phenoxy) is 1. The number of rotatable bonds is 5. The topological polar surface area (TPSA) is 29.5 Å². The summed E-state index contributed by atoms with van der Waals surface area (Å²) in [6.45, 7) is 0.525. The number of carbonyl (C=O) groups is 1. The predicted octanol–water partition coefficient (Wildman–Crippen LogP) is 4.32. The molecule has 2 unspecified atom stereocenters. The van der Waals surface area contributed by atoms with E-state index in [-0.39, 0.29) is 11.7 Å². The highest BCUT2D eigenvalue weighted by Crippen LogP contribution is 2.38. The molecule has 0 amide bonds. The summed E-state index contributed by atoms with van der Waals surface area (Å²) in [4.78, 5) is 15.5. The van der Waals surface area contributed by atoms with Crippen LogP contribution in [0.3, 0.4) is 0 Å². The highest BCUT2D eigenvalue weighted by molar-refractivity contribution is 5.98. The number of carbonyl (C=O) groups excluding carboxylic acids is 1. The van der Waals surface area contributed by atoms with Crippen LogP contribution < -0.4 is 4.74 Å². The second kappa shape index (κ2) is 7.01. The van der Waals surface area contributed by atoms with Crippen molar-refractivity contribution in [3.8, 4) is 5.75 Å². The molecule has 130 valence electrons. The monoisotopic (exact) mass is 335 g/mol. The molecule has 2 aliphatic heterocycles. The molecule has 2 aromatic carbocycles. The smallest absolute Gasteiger partial charge is 0.166 e. The van der Waals surface area contributed by atoms with Crippen molar-refractivity contribution in [2.45, 2.75) is 44.4 Å². The largest absolute Gasteiger partial charge is 0.489 e. The van der Waals surface area contributed by atoms with E-state index >= 15 is 0 Å². The SMILES string of the molecule is CN1C2CCC1CC(C(=O)c1cccc(OCc3ccccc3)c1)C2. The van der Waals surface area contributed by atoms with E-state index in [1.165, 1.54) is 12.8 Å². The number of Topliss-reactive ketones (excluding diaryl/α,β-unsaturated/α-hetero) is 1. The Morgan fingerprint density at radius 3 is 2.48 bits per heavy atom. The molecule has 2 aromatic rings. The summed E-state index contributed by atoms with van der Waals surface area (Å²) < 4.78 is 5.88. The number of fused-ring (bicyclic) bond motifs is 2. The fourth-order valence-electron chi connectivity index (χ4n) is 4.34. The van der Waals surface area contributed by atoms with E-state index in [0.717, 1.165) is 29.7 Å². The van der Waals surface area contributed by atoms with Gasteiger partial charge in [-0.1, -0.05) is 42.5 Å². The molecule has 0 aliphatic carbocycles. The number of piperidine rings is 1. The van der Waals surface area contributed by atoms with Crippen molar-refractivity contribution in [2.75, 3.05) is 7.05 Å². The van der Waals surface area contributed by atoms with E-state index in [9.17, 15) is 4.79 Å². The first kappa shape index (κ1) is 16.3. The fraction of sp³-hybridized carbons (Fsp3) is 0.409. The minimum absolute atomic E-state index is 0.165. The summed E-state index contributed by atoms with van der Waals surface area (Å²) >= 11 is 0. The van der Waals surface area contributed by atoms with Gasteiger partial charge in [-0.15, -0.1) is 0 Å². The van der Waals surface area contributed by atoms with Crippen LogP contribution in [0.25, 0.3) is 0 Å². The zero-order valence-electron chi connectivity index (χ0n) is 14.7. The normalized spacial score (nSPS) is 25.7. The maximum absolute atomic E-state index is 13.0. The zero-order chi connectivity index (χ0) is 17.2. The lowest BCUT2D eigenvalue weighted by Crippen LogP contribution is -2.42. The first-order chi connectivity index (χ1) is 12.2. The van der Waals surface area contributed by atoms with Gasteiger partial charge < -0.3 is 9.64 Å². The molecule has 0 saturated carbocycles. The van der Waals surface area contributed by atoms with Crippen LogP contribution in [0.4, 0.5) is 0 Å². The van der Waals surface area contributed by atoms with Gasteiger partial charge in [0, 0.05) is 23.6 Å². The van der Waals surface area contributed by atoms with Crippen molar-refractivity contribution in [1.29, 1.82) is 0 Å². The summed E-state index contributed by atoms with van der Waals surface area (Å²) in [6.07, 6.45) is 4.48. The van der Waals surface area contributed by atoms with E-state index in [1.54, 1.807) is 0 Å². The molecule has 25 heavy (non-hydrogen) atoms. The second-order valence-corrected chi connectivity index (χ2v) is 7.39. The first-order valence-corrected chi connectivity index (χ1v) is 9.23. The van der Waals surface area contributed by atoms with Gasteiger partial charge in [-0.2, -0.15) is 0 Å². The highest BCUT2D eigenvalue weighted by Gasteiger charge is 2.40. The molecule has 4 rings (SSSR count). The van der Waals surface area contributed by atoms with Crippen molar-refractivity contribution in [3.63, 3.8) is 0 Å². The van der Waals surface area contributed by atoms with Gasteiger partial charge in [0.05, 0.1) is 0 Å². The van der Waals surface area contributed by atoms with E-state index < -0.39 is 0 Å². The zero-order valence-corrected chi connectivity index (χ0v) is 14.7. The first-order valence-electron chi connectivity index (χ1n) is 9.23. The van der Waals surface area contributed by atoms with Gasteiger partial charge in [0.25, 0.3) is 0 Å². The minimum Gasteiger partial charge on any atom is -0.489 e. The standard InChI is InChI=1S/C22H25NO2/c1-23-19-10-11-20(23)13-18(12-19)22(24)17-8-5-9-21(14-17)25-15-16-6-3-2-4-7-16/h2-9,14,18-20H,10-13,15H2,1H3. The third-order valence-corrected chi connectivity index (χ3v) is 5.84. The van der Waals surface area contributed by atoms with Gasteiger partial charge >= 0.3 is 0 Å². The van der Waals surface area contributed by atoms with Gasteiger partial charge in [-0.05, 0) is 50.4 Å². The minimum atomic E-state index is 0.165. The molecule has 2 fully saturated rings. The maximum Gasteiger partial charge on any atom is 0.166 e. The number of hydrogen-bond acceptors (Lipinski definition) is 3. The maximum atomic E-state index is 13.0. The van der Waals surface area contributed by atoms with Crippen molar-refractivity contribution in [2.24, 2.45) is 5.92 Å². The van der Waals surface area contributed by atoms with Crippen molar-refractivity contribution < 1.29 is 9.53 Å². The Labute approximate surface area is 149 Å². The third kappa shape index (κ3) is 3.47. The molecule has 3 nitrogen and oxygen atoms in total. The van der Waals surface area contributed by atoms with Crippen LogP contribution in [0.5, 0.6) is 5.75 Å². The van der Waals surface area contributed by atoms with Crippen LogP contribution in [0, 0.1) is 5.92 Å². The summed E-state index contributed by atoms with van der Waals surface area (Å²) in [5.74, 6) is 1.22. The predicted molar refractivity (Wildman–Crippen MR) is 98.8 cm³/mol. The van der Waals surface area contributed by atoms with Crippen molar-refractivity contribution >= 4 is 5.78 Å². The Bertz CT molecular complexity index is 729. The molecule has 0 spiro atoms. The number of ketones is 1. The molecule has 2 aliphatic rings. The highest BCUT2D eigenvalue weighted by atomic mass is 16.5. The van der Waals surface area contributed by atoms with Gasteiger partial charge in [-0.3, -0.25) is 4.79 Å². The second-order valence-electron chi connectivity index (χ2n) is 7.39. The average molecular weight is 335 g/mol. The summed E-state index contributed by atoms with van der Waals surface area (Å²) in [5, 5.41) is 0.